The molecule has 2 aromatic carbocycles. The van der Waals surface area contributed by atoms with Crippen LogP contribution in [-0.4, -0.2) is 65.2 Å². The first kappa shape index (κ1) is 24.3. The third-order valence-electron chi connectivity index (χ3n) is 7.50. The van der Waals surface area contributed by atoms with E-state index < -0.39 is 5.82 Å². The summed E-state index contributed by atoms with van der Waals surface area (Å²) < 4.78 is 17.5. The quantitative estimate of drug-likeness (QED) is 0.409. The van der Waals surface area contributed by atoms with Gasteiger partial charge in [-0.2, -0.15) is 4.98 Å². The van der Waals surface area contributed by atoms with Crippen LogP contribution in [0.4, 0.5) is 10.2 Å². The van der Waals surface area contributed by atoms with Crippen molar-refractivity contribution in [3.05, 3.63) is 63.8 Å². The molecular formula is C28H30ClFN6O. The van der Waals surface area contributed by atoms with Crippen molar-refractivity contribution in [3.63, 3.8) is 0 Å². The first-order valence-electron chi connectivity index (χ1n) is 12.8. The summed E-state index contributed by atoms with van der Waals surface area (Å²) in [6.07, 6.45) is 2.94. The van der Waals surface area contributed by atoms with Crippen molar-refractivity contribution in [2.45, 2.75) is 37.9 Å². The van der Waals surface area contributed by atoms with Gasteiger partial charge in [0.2, 0.25) is 0 Å². The molecule has 2 unspecified atom stereocenters. The smallest absolute Gasteiger partial charge is 0.351 e. The second kappa shape index (κ2) is 9.67. The lowest BCUT2D eigenvalue weighted by atomic mass is 10.0. The predicted molar refractivity (Wildman–Crippen MR) is 147 cm³/mol. The van der Waals surface area contributed by atoms with E-state index in [1.165, 1.54) is 6.07 Å². The van der Waals surface area contributed by atoms with Crippen molar-refractivity contribution < 1.29 is 4.39 Å². The molecule has 0 spiro atoms. The average Bonchev–Trinajstić information content (AvgIpc) is 3.21. The van der Waals surface area contributed by atoms with Gasteiger partial charge in [-0.1, -0.05) is 41.9 Å². The van der Waals surface area contributed by atoms with Crippen LogP contribution in [0.3, 0.4) is 0 Å². The van der Waals surface area contributed by atoms with Gasteiger partial charge in [0.05, 0.1) is 5.39 Å². The number of benzene rings is 2. The Hall–Kier alpha value is -3.07. The number of aromatic nitrogens is 3. The van der Waals surface area contributed by atoms with Gasteiger partial charge >= 0.3 is 5.69 Å². The van der Waals surface area contributed by atoms with Crippen LogP contribution in [0, 0.1) is 5.82 Å². The van der Waals surface area contributed by atoms with Gasteiger partial charge in [-0.3, -0.25) is 4.57 Å². The van der Waals surface area contributed by atoms with E-state index >= 15 is 4.39 Å². The van der Waals surface area contributed by atoms with Crippen LogP contribution in [0.2, 0.25) is 5.02 Å². The molecule has 4 aromatic rings. The number of hydrogen-bond acceptors (Lipinski definition) is 6. The minimum absolute atomic E-state index is 0.185. The van der Waals surface area contributed by atoms with E-state index in [2.05, 4.69) is 20.1 Å². The fourth-order valence-electron chi connectivity index (χ4n) is 5.79. The van der Waals surface area contributed by atoms with Crippen molar-refractivity contribution in [3.8, 4) is 11.3 Å². The highest BCUT2D eigenvalue weighted by Crippen LogP contribution is 2.36. The van der Waals surface area contributed by atoms with Crippen LogP contribution < -0.4 is 15.9 Å². The standard InChI is InChI=1S/C28H30ClFN6O/c1-34(2)12-5-13-36-27-21(26(33-28(36)37)35-15-18-10-11-19(16-35)31-18)14-23(30)25(32-27)20-8-3-6-17-7-4-9-22(29)24(17)20/h3-4,6-9,14,18-19,31H,5,10-13,15-16H2,1-2H3. The molecule has 0 radical (unpaired) electrons. The SMILES string of the molecule is CN(C)CCCn1c(=O)nc(N2CC3CCC(C2)N3)c2cc(F)c(-c3cccc4cccc(Cl)c34)nc21. The largest absolute Gasteiger partial charge is 0.353 e. The highest BCUT2D eigenvalue weighted by atomic mass is 35.5. The van der Waals surface area contributed by atoms with Gasteiger partial charge in [-0.15, -0.1) is 0 Å². The van der Waals surface area contributed by atoms with E-state index in [1.807, 2.05) is 44.4 Å². The van der Waals surface area contributed by atoms with Crippen LogP contribution in [0.5, 0.6) is 0 Å². The monoisotopic (exact) mass is 520 g/mol. The fraction of sp³-hybridized carbons (Fsp3) is 0.393. The normalized spacial score (nSPS) is 19.4. The van der Waals surface area contributed by atoms with Gasteiger partial charge in [0.15, 0.2) is 0 Å². The van der Waals surface area contributed by atoms with Crippen LogP contribution in [0.25, 0.3) is 33.1 Å². The Morgan fingerprint density at radius 1 is 1.11 bits per heavy atom. The molecule has 6 rings (SSSR count). The third kappa shape index (κ3) is 4.47. The van der Waals surface area contributed by atoms with E-state index in [-0.39, 0.29) is 11.4 Å². The maximum absolute atomic E-state index is 15.9. The molecule has 4 heterocycles. The number of rotatable bonds is 6. The maximum Gasteiger partial charge on any atom is 0.351 e. The Balaban J connectivity index is 1.56. The zero-order valence-electron chi connectivity index (χ0n) is 21.0. The Bertz CT molecular complexity index is 1540. The zero-order chi connectivity index (χ0) is 25.7. The molecule has 7 nitrogen and oxygen atoms in total. The van der Waals surface area contributed by atoms with Crippen molar-refractivity contribution in [2.24, 2.45) is 0 Å². The van der Waals surface area contributed by atoms with Gasteiger partial charge in [0, 0.05) is 47.7 Å². The molecule has 2 aliphatic rings. The molecule has 0 amide bonds. The molecular weight excluding hydrogens is 491 g/mol. The fourth-order valence-corrected chi connectivity index (χ4v) is 6.07. The lowest BCUT2D eigenvalue weighted by Crippen LogP contribution is -2.52. The molecule has 1 N–H and O–H groups in total. The highest BCUT2D eigenvalue weighted by molar-refractivity contribution is 6.36. The molecule has 37 heavy (non-hydrogen) atoms. The Kier molecular flexibility index (Phi) is 6.34. The Morgan fingerprint density at radius 3 is 2.57 bits per heavy atom. The number of piperazine rings is 1. The Morgan fingerprint density at radius 2 is 1.84 bits per heavy atom. The number of nitrogens with zero attached hydrogens (tertiary/aromatic N) is 5. The molecule has 2 atom stereocenters. The van der Waals surface area contributed by atoms with Gasteiger partial charge < -0.3 is 15.1 Å². The Labute approximate surface area is 219 Å². The minimum atomic E-state index is -0.459. The number of hydrogen-bond donors (Lipinski definition) is 1. The number of nitrogens with one attached hydrogen (secondary N) is 1. The number of anilines is 1. The van der Waals surface area contributed by atoms with Gasteiger partial charge in [-0.25, -0.2) is 14.2 Å². The molecule has 0 saturated carbocycles. The second-order valence-electron chi connectivity index (χ2n) is 10.4. The summed E-state index contributed by atoms with van der Waals surface area (Å²) in [4.78, 5) is 26.9. The number of halogens is 2. The summed E-state index contributed by atoms with van der Waals surface area (Å²) in [6, 6.07) is 13.5. The highest BCUT2D eigenvalue weighted by Gasteiger charge is 2.34. The van der Waals surface area contributed by atoms with Gasteiger partial charge in [0.1, 0.15) is 23.0 Å². The third-order valence-corrected chi connectivity index (χ3v) is 7.81. The number of fused-ring (bicyclic) bond motifs is 4. The topological polar surface area (TPSA) is 66.3 Å². The van der Waals surface area contributed by atoms with Crippen molar-refractivity contribution in [2.75, 3.05) is 38.6 Å². The van der Waals surface area contributed by atoms with Crippen LogP contribution in [-0.2, 0) is 6.54 Å². The van der Waals surface area contributed by atoms with E-state index in [0.717, 1.165) is 49.7 Å². The van der Waals surface area contributed by atoms with E-state index in [9.17, 15) is 4.79 Å². The lowest BCUT2D eigenvalue weighted by Gasteiger charge is -2.34. The lowest BCUT2D eigenvalue weighted by molar-refractivity contribution is 0.385. The summed E-state index contributed by atoms with van der Waals surface area (Å²) >= 11 is 6.56. The molecule has 9 heteroatoms. The van der Waals surface area contributed by atoms with Crippen LogP contribution in [0.15, 0.2) is 47.3 Å². The molecule has 192 valence electrons. The molecule has 2 aromatic heterocycles. The average molecular weight is 521 g/mol. The molecule has 2 aliphatic heterocycles. The summed E-state index contributed by atoms with van der Waals surface area (Å²) in [5, 5.41) is 6.35. The molecule has 2 bridgehead atoms. The van der Waals surface area contributed by atoms with Crippen LogP contribution in [0.1, 0.15) is 19.3 Å². The van der Waals surface area contributed by atoms with Crippen molar-refractivity contribution in [1.82, 2.24) is 24.8 Å². The zero-order valence-corrected chi connectivity index (χ0v) is 21.8. The van der Waals surface area contributed by atoms with E-state index in [1.54, 1.807) is 10.6 Å². The first-order valence-corrected chi connectivity index (χ1v) is 13.2. The summed E-state index contributed by atoms with van der Waals surface area (Å²) in [5.74, 6) is 0.0655. The van der Waals surface area contributed by atoms with E-state index in [0.29, 0.717) is 46.1 Å². The summed E-state index contributed by atoms with van der Waals surface area (Å²) in [5.41, 5.74) is 0.895. The first-order chi connectivity index (χ1) is 17.9. The molecule has 0 aliphatic carbocycles. The summed E-state index contributed by atoms with van der Waals surface area (Å²) in [6.45, 7) is 2.74. The summed E-state index contributed by atoms with van der Waals surface area (Å²) in [7, 11) is 3.99. The van der Waals surface area contributed by atoms with Crippen molar-refractivity contribution >= 4 is 39.2 Å². The number of pyridine rings is 1. The maximum atomic E-state index is 15.9. The van der Waals surface area contributed by atoms with Gasteiger partial charge in [-0.05, 0) is 57.4 Å². The number of aryl methyl sites for hydroxylation is 1. The predicted octanol–water partition coefficient (Wildman–Crippen LogP) is 4.30. The van der Waals surface area contributed by atoms with Gasteiger partial charge in [0.25, 0.3) is 0 Å². The molecule has 2 fully saturated rings. The minimum Gasteiger partial charge on any atom is -0.353 e. The molecule has 2 saturated heterocycles. The van der Waals surface area contributed by atoms with E-state index in [4.69, 9.17) is 16.6 Å². The van der Waals surface area contributed by atoms with Crippen LogP contribution >= 0.6 is 11.6 Å². The second-order valence-corrected chi connectivity index (χ2v) is 10.8. The van der Waals surface area contributed by atoms with Crippen molar-refractivity contribution in [1.29, 1.82) is 0 Å².